The highest BCUT2D eigenvalue weighted by Gasteiger charge is 2.37. The van der Waals surface area contributed by atoms with Crippen LogP contribution in [-0.4, -0.2) is 27.5 Å². The first-order chi connectivity index (χ1) is 12.2. The average Bonchev–Trinajstić information content (AvgIpc) is 3.10. The van der Waals surface area contributed by atoms with Crippen molar-refractivity contribution < 1.29 is 17.9 Å². The predicted molar refractivity (Wildman–Crippen MR) is 103 cm³/mol. The van der Waals surface area contributed by atoms with Crippen LogP contribution in [0.2, 0.25) is 0 Å². The Hall–Kier alpha value is -2.32. The maximum atomic E-state index is 12.8. The molecule has 1 aliphatic rings. The van der Waals surface area contributed by atoms with Gasteiger partial charge >= 0.3 is 0 Å². The van der Waals surface area contributed by atoms with Gasteiger partial charge in [0.2, 0.25) is 5.91 Å². The minimum absolute atomic E-state index is 0.0666. The van der Waals surface area contributed by atoms with E-state index in [-0.39, 0.29) is 16.7 Å². The molecule has 0 radical (unpaired) electrons. The highest BCUT2D eigenvalue weighted by atomic mass is 32.2. The Morgan fingerprint density at radius 2 is 2.15 bits per heavy atom. The van der Waals surface area contributed by atoms with Crippen molar-refractivity contribution in [3.8, 4) is 5.75 Å². The van der Waals surface area contributed by atoms with Crippen LogP contribution in [0, 0.1) is 5.41 Å². The first-order valence-electron chi connectivity index (χ1n) is 8.01. The summed E-state index contributed by atoms with van der Waals surface area (Å²) in [5.74, 6) is 0.389. The summed E-state index contributed by atoms with van der Waals surface area (Å²) in [5, 5.41) is 1.70. The molecule has 0 bridgehead atoms. The second kappa shape index (κ2) is 6.77. The highest BCUT2D eigenvalue weighted by Crippen LogP contribution is 2.38. The molecule has 8 heteroatoms. The molecule has 0 atom stereocenters. The van der Waals surface area contributed by atoms with Gasteiger partial charge in [-0.2, -0.15) is 0 Å². The lowest BCUT2D eigenvalue weighted by Gasteiger charge is -2.27. The molecular formula is C18H20N2O4S2. The minimum Gasteiger partial charge on any atom is -0.490 e. The molecule has 6 nitrogen and oxygen atoms in total. The Balaban J connectivity index is 1.97. The molecule has 3 rings (SSSR count). The maximum absolute atomic E-state index is 12.8. The SMILES string of the molecule is C=CCN1C(=O)C(C)(C)COc2cc(NS(=O)(=O)c3cccs3)ccc21. The van der Waals surface area contributed by atoms with Gasteiger partial charge in [0.1, 0.15) is 16.6 Å². The van der Waals surface area contributed by atoms with E-state index in [1.165, 1.54) is 0 Å². The first-order valence-corrected chi connectivity index (χ1v) is 10.4. The fraction of sp³-hybridized carbons (Fsp3) is 0.278. The van der Waals surface area contributed by atoms with Gasteiger partial charge in [0.25, 0.3) is 10.0 Å². The topological polar surface area (TPSA) is 75.7 Å². The van der Waals surface area contributed by atoms with Crippen molar-refractivity contribution in [3.63, 3.8) is 0 Å². The van der Waals surface area contributed by atoms with Crippen molar-refractivity contribution in [2.75, 3.05) is 22.8 Å². The molecule has 0 unspecified atom stereocenters. The zero-order valence-electron chi connectivity index (χ0n) is 14.6. The molecule has 0 spiro atoms. The van der Waals surface area contributed by atoms with Gasteiger partial charge in [-0.25, -0.2) is 8.42 Å². The molecule has 0 saturated carbocycles. The summed E-state index contributed by atoms with van der Waals surface area (Å²) in [6.45, 7) is 7.89. The van der Waals surface area contributed by atoms with E-state index in [0.717, 1.165) is 11.3 Å². The molecular weight excluding hydrogens is 372 g/mol. The summed E-state index contributed by atoms with van der Waals surface area (Å²) in [7, 11) is -3.65. The van der Waals surface area contributed by atoms with Gasteiger partial charge in [-0.15, -0.1) is 17.9 Å². The number of anilines is 2. The first kappa shape index (κ1) is 18.5. The van der Waals surface area contributed by atoms with Crippen molar-refractivity contribution in [2.45, 2.75) is 18.1 Å². The largest absolute Gasteiger partial charge is 0.490 e. The quantitative estimate of drug-likeness (QED) is 0.791. The summed E-state index contributed by atoms with van der Waals surface area (Å²) in [4.78, 5) is 14.4. The molecule has 1 aromatic heterocycles. The third-order valence-electron chi connectivity index (χ3n) is 3.99. The molecule has 138 valence electrons. The van der Waals surface area contributed by atoms with Crippen LogP contribution in [-0.2, 0) is 14.8 Å². The van der Waals surface area contributed by atoms with Crippen LogP contribution in [0.1, 0.15) is 13.8 Å². The molecule has 2 aromatic rings. The lowest BCUT2D eigenvalue weighted by atomic mass is 9.93. The third kappa shape index (κ3) is 3.47. The Bertz CT molecular complexity index is 934. The van der Waals surface area contributed by atoms with Gasteiger partial charge in [-0.3, -0.25) is 9.52 Å². The lowest BCUT2D eigenvalue weighted by molar-refractivity contribution is -0.127. The fourth-order valence-corrected chi connectivity index (χ4v) is 4.69. The number of hydrogen-bond acceptors (Lipinski definition) is 5. The van der Waals surface area contributed by atoms with Crippen LogP contribution >= 0.6 is 11.3 Å². The molecule has 0 aliphatic carbocycles. The summed E-state index contributed by atoms with van der Waals surface area (Å²) in [6.07, 6.45) is 1.65. The number of carbonyl (C=O) groups is 1. The Morgan fingerprint density at radius 3 is 2.81 bits per heavy atom. The number of nitrogens with one attached hydrogen (secondary N) is 1. The van der Waals surface area contributed by atoms with Crippen molar-refractivity contribution in [1.29, 1.82) is 0 Å². The van der Waals surface area contributed by atoms with E-state index in [0.29, 0.717) is 23.7 Å². The lowest BCUT2D eigenvalue weighted by Crippen LogP contribution is -2.42. The number of fused-ring (bicyclic) bond motifs is 1. The minimum atomic E-state index is -3.65. The number of thiophene rings is 1. The van der Waals surface area contributed by atoms with Gasteiger partial charge in [0.15, 0.2) is 0 Å². The monoisotopic (exact) mass is 392 g/mol. The average molecular weight is 393 g/mol. The number of amides is 1. The van der Waals surface area contributed by atoms with Gasteiger partial charge in [0, 0.05) is 12.6 Å². The third-order valence-corrected chi connectivity index (χ3v) is 6.77. The fourth-order valence-electron chi connectivity index (χ4n) is 2.64. The van der Waals surface area contributed by atoms with Crippen LogP contribution in [0.25, 0.3) is 0 Å². The van der Waals surface area contributed by atoms with Crippen molar-refractivity contribution in [3.05, 3.63) is 48.4 Å². The Kier molecular flexibility index (Phi) is 4.81. The van der Waals surface area contributed by atoms with Crippen molar-refractivity contribution in [1.82, 2.24) is 0 Å². The van der Waals surface area contributed by atoms with E-state index in [1.54, 1.807) is 46.7 Å². The summed E-state index contributed by atoms with van der Waals surface area (Å²) in [5.41, 5.74) is 0.279. The van der Waals surface area contributed by atoms with E-state index >= 15 is 0 Å². The zero-order valence-corrected chi connectivity index (χ0v) is 16.2. The van der Waals surface area contributed by atoms with Crippen LogP contribution in [0.3, 0.4) is 0 Å². The smallest absolute Gasteiger partial charge is 0.271 e. The number of rotatable bonds is 5. The second-order valence-electron chi connectivity index (χ2n) is 6.60. The molecule has 0 saturated heterocycles. The standard InChI is InChI=1S/C18H20N2O4S2/c1-4-9-20-14-8-7-13(19-26(22,23)16-6-5-10-25-16)11-15(14)24-12-18(2,3)17(20)21/h4-8,10-11,19H,1,9,12H2,2-3H3. The summed E-state index contributed by atoms with van der Waals surface area (Å²) >= 11 is 1.14. The predicted octanol–water partition coefficient (Wildman–Crippen LogP) is 3.49. The highest BCUT2D eigenvalue weighted by molar-refractivity contribution is 7.94. The normalized spacial score (nSPS) is 16.4. The molecule has 1 aliphatic heterocycles. The number of ether oxygens (including phenoxy) is 1. The molecule has 26 heavy (non-hydrogen) atoms. The number of benzene rings is 1. The van der Waals surface area contributed by atoms with Crippen LogP contribution in [0.5, 0.6) is 5.75 Å². The Morgan fingerprint density at radius 1 is 1.38 bits per heavy atom. The van der Waals surface area contributed by atoms with Gasteiger partial charge in [0.05, 0.1) is 16.8 Å². The zero-order chi connectivity index (χ0) is 18.9. The number of carbonyl (C=O) groups excluding carboxylic acids is 1. The number of sulfonamides is 1. The summed E-state index contributed by atoms with van der Waals surface area (Å²) < 4.78 is 33.4. The second-order valence-corrected chi connectivity index (χ2v) is 9.45. The number of hydrogen-bond donors (Lipinski definition) is 1. The summed E-state index contributed by atoms with van der Waals surface area (Å²) in [6, 6.07) is 8.13. The molecule has 0 fully saturated rings. The van der Waals surface area contributed by atoms with E-state index in [4.69, 9.17) is 4.74 Å². The number of nitrogens with zero attached hydrogens (tertiary/aromatic N) is 1. The Labute approximate surface area is 157 Å². The van der Waals surface area contributed by atoms with Gasteiger partial charge in [-0.05, 0) is 37.4 Å². The molecule has 1 N–H and O–H groups in total. The van der Waals surface area contributed by atoms with Crippen LogP contribution < -0.4 is 14.4 Å². The molecule has 1 aromatic carbocycles. The van der Waals surface area contributed by atoms with E-state index in [1.807, 2.05) is 13.8 Å². The van der Waals surface area contributed by atoms with Crippen LogP contribution in [0.15, 0.2) is 52.6 Å². The van der Waals surface area contributed by atoms with E-state index in [9.17, 15) is 13.2 Å². The van der Waals surface area contributed by atoms with Gasteiger partial charge in [-0.1, -0.05) is 12.1 Å². The molecule has 1 amide bonds. The maximum Gasteiger partial charge on any atom is 0.271 e. The van der Waals surface area contributed by atoms with E-state index in [2.05, 4.69) is 11.3 Å². The van der Waals surface area contributed by atoms with Gasteiger partial charge < -0.3 is 9.64 Å². The van der Waals surface area contributed by atoms with Crippen molar-refractivity contribution >= 4 is 38.6 Å². The van der Waals surface area contributed by atoms with E-state index < -0.39 is 15.4 Å². The van der Waals surface area contributed by atoms with Crippen molar-refractivity contribution in [2.24, 2.45) is 5.41 Å². The molecule has 2 heterocycles. The van der Waals surface area contributed by atoms with Crippen LogP contribution in [0.4, 0.5) is 11.4 Å².